The molecule has 14 heavy (non-hydrogen) atoms. The van der Waals surface area contributed by atoms with Crippen LogP contribution >= 0.6 is 0 Å². The molecule has 3 unspecified atom stereocenters. The predicted octanol–water partition coefficient (Wildman–Crippen LogP) is 2.47. The topological polar surface area (TPSA) is 26.0 Å². The van der Waals surface area contributed by atoms with E-state index in [1.807, 2.05) is 0 Å². The summed E-state index contributed by atoms with van der Waals surface area (Å²) in [4.78, 5) is 0. The highest BCUT2D eigenvalue weighted by atomic mass is 14.7. The van der Waals surface area contributed by atoms with Crippen LogP contribution in [-0.2, 0) is 0 Å². The Bertz CT molecular complexity index is 319. The third kappa shape index (κ3) is 1.60. The average Bonchev–Trinajstić information content (AvgIpc) is 1.99. The summed E-state index contributed by atoms with van der Waals surface area (Å²) in [7, 11) is 0. The van der Waals surface area contributed by atoms with Crippen molar-refractivity contribution in [3.05, 3.63) is 11.6 Å². The van der Waals surface area contributed by atoms with E-state index in [2.05, 4.69) is 25.8 Å². The minimum Gasteiger partial charge on any atom is -0.322 e. The second-order valence-corrected chi connectivity index (χ2v) is 5.60. The molecular formula is C13H19N. The summed E-state index contributed by atoms with van der Waals surface area (Å²) >= 11 is 0. The van der Waals surface area contributed by atoms with Crippen LogP contribution in [0.5, 0.6) is 0 Å². The van der Waals surface area contributed by atoms with Crippen molar-refractivity contribution in [1.82, 2.24) is 0 Å². The third-order valence-corrected chi connectivity index (χ3v) is 3.47. The molecule has 0 saturated heterocycles. The largest absolute Gasteiger partial charge is 0.322 e. The number of allylic oxidation sites excluding steroid dienone is 1. The van der Waals surface area contributed by atoms with E-state index in [0.717, 1.165) is 25.2 Å². The number of fused-ring (bicyclic) bond motifs is 2. The van der Waals surface area contributed by atoms with Gasteiger partial charge in [-0.3, -0.25) is 0 Å². The first-order valence-electron chi connectivity index (χ1n) is 5.42. The van der Waals surface area contributed by atoms with Gasteiger partial charge in [0.1, 0.15) is 0 Å². The van der Waals surface area contributed by atoms with Crippen molar-refractivity contribution < 1.29 is 0 Å². The Kier molecular flexibility index (Phi) is 2.01. The van der Waals surface area contributed by atoms with Crippen LogP contribution in [0, 0.1) is 23.7 Å². The number of rotatable bonds is 0. The third-order valence-electron chi connectivity index (χ3n) is 3.47. The second kappa shape index (κ2) is 2.87. The quantitative estimate of drug-likeness (QED) is 0.460. The van der Waals surface area contributed by atoms with Gasteiger partial charge in [-0.15, -0.1) is 6.42 Å². The van der Waals surface area contributed by atoms with Crippen molar-refractivity contribution in [2.24, 2.45) is 17.1 Å². The summed E-state index contributed by atoms with van der Waals surface area (Å²) in [6, 6.07) is 0. The zero-order valence-electron chi connectivity index (χ0n) is 9.14. The van der Waals surface area contributed by atoms with E-state index in [1.54, 1.807) is 0 Å². The lowest BCUT2D eigenvalue weighted by Crippen LogP contribution is -2.46. The molecule has 1 nitrogen and oxygen atoms in total. The van der Waals surface area contributed by atoms with Gasteiger partial charge in [-0.1, -0.05) is 24.5 Å². The Hall–Kier alpha value is -0.740. The summed E-state index contributed by atoms with van der Waals surface area (Å²) < 4.78 is 0. The Morgan fingerprint density at radius 2 is 2.36 bits per heavy atom. The highest BCUT2D eigenvalue weighted by molar-refractivity contribution is 5.29. The molecule has 0 amide bonds. The van der Waals surface area contributed by atoms with Gasteiger partial charge in [0, 0.05) is 11.0 Å². The Morgan fingerprint density at radius 3 is 3.00 bits per heavy atom. The maximum Gasteiger partial charge on any atom is 0.0372 e. The van der Waals surface area contributed by atoms with Gasteiger partial charge in [0.2, 0.25) is 0 Å². The summed E-state index contributed by atoms with van der Waals surface area (Å²) in [5, 5.41) is 0. The van der Waals surface area contributed by atoms with Crippen molar-refractivity contribution in [2.45, 2.75) is 45.1 Å². The molecule has 0 aromatic heterocycles. The van der Waals surface area contributed by atoms with E-state index >= 15 is 0 Å². The zero-order valence-corrected chi connectivity index (χ0v) is 9.14. The van der Waals surface area contributed by atoms with E-state index in [1.165, 1.54) is 12.0 Å². The van der Waals surface area contributed by atoms with Crippen molar-refractivity contribution in [2.75, 3.05) is 0 Å². The van der Waals surface area contributed by atoms with Crippen LogP contribution in [0.15, 0.2) is 11.6 Å². The number of hydrogen-bond acceptors (Lipinski definition) is 1. The Morgan fingerprint density at radius 1 is 1.64 bits per heavy atom. The molecule has 1 heteroatoms. The number of nitrogens with two attached hydrogens (primary N) is 1. The minimum absolute atomic E-state index is 0.0608. The van der Waals surface area contributed by atoms with Crippen LogP contribution < -0.4 is 5.73 Å². The van der Waals surface area contributed by atoms with Gasteiger partial charge in [-0.05, 0) is 38.5 Å². The van der Waals surface area contributed by atoms with Crippen LogP contribution in [0.2, 0.25) is 0 Å². The summed E-state index contributed by atoms with van der Waals surface area (Å²) in [5.41, 5.74) is 7.57. The monoisotopic (exact) mass is 189 g/mol. The van der Waals surface area contributed by atoms with Gasteiger partial charge < -0.3 is 5.73 Å². The number of hydrogen-bond donors (Lipinski definition) is 1. The van der Waals surface area contributed by atoms with E-state index in [0.29, 0.717) is 0 Å². The molecule has 2 aliphatic carbocycles. The lowest BCUT2D eigenvalue weighted by atomic mass is 9.60. The first-order chi connectivity index (χ1) is 6.45. The molecule has 0 aromatic carbocycles. The first-order valence-corrected chi connectivity index (χ1v) is 5.42. The molecule has 0 spiro atoms. The minimum atomic E-state index is -0.180. The maximum atomic E-state index is 6.20. The molecule has 3 atom stereocenters. The molecule has 1 saturated carbocycles. The first kappa shape index (κ1) is 9.80. The van der Waals surface area contributed by atoms with Gasteiger partial charge in [0.25, 0.3) is 0 Å². The fraction of sp³-hybridized carbons (Fsp3) is 0.692. The fourth-order valence-electron chi connectivity index (χ4n) is 3.42. The van der Waals surface area contributed by atoms with Crippen molar-refractivity contribution in [3.8, 4) is 12.3 Å². The van der Waals surface area contributed by atoms with Crippen molar-refractivity contribution in [1.29, 1.82) is 0 Å². The molecule has 0 radical (unpaired) electrons. The Labute approximate surface area is 86.8 Å². The molecule has 1 fully saturated rings. The summed E-state index contributed by atoms with van der Waals surface area (Å²) in [6.07, 6.45) is 12.3. The van der Waals surface area contributed by atoms with Crippen molar-refractivity contribution >= 4 is 0 Å². The number of terminal acetylenes is 1. The molecule has 2 bridgehead atoms. The van der Waals surface area contributed by atoms with E-state index in [4.69, 9.17) is 12.2 Å². The molecule has 0 aromatic rings. The molecular weight excluding hydrogens is 170 g/mol. The van der Waals surface area contributed by atoms with Crippen LogP contribution in [0.3, 0.4) is 0 Å². The molecule has 2 rings (SSSR count). The Balaban J connectivity index is 2.38. The highest BCUT2D eigenvalue weighted by Crippen LogP contribution is 2.49. The molecule has 0 aliphatic heterocycles. The smallest absolute Gasteiger partial charge is 0.0372 e. The van der Waals surface area contributed by atoms with Crippen LogP contribution in [-0.4, -0.2) is 5.54 Å². The molecule has 76 valence electrons. The summed E-state index contributed by atoms with van der Waals surface area (Å²) in [5.74, 6) is 3.74. The van der Waals surface area contributed by atoms with Gasteiger partial charge in [0.15, 0.2) is 0 Å². The van der Waals surface area contributed by atoms with Crippen LogP contribution in [0.4, 0.5) is 0 Å². The molecule has 2 aliphatic rings. The standard InChI is InChI=1S/C13H19N/c1-4-13-6-10(2)5-11(8-13)7-12(3,14)9-13/h1,7,10H,5-6,8-9,14H2,2-3H3. The van der Waals surface area contributed by atoms with Gasteiger partial charge in [-0.25, -0.2) is 0 Å². The lowest BCUT2D eigenvalue weighted by molar-refractivity contribution is 0.192. The highest BCUT2D eigenvalue weighted by Gasteiger charge is 2.43. The van der Waals surface area contributed by atoms with Gasteiger partial charge in [-0.2, -0.15) is 0 Å². The van der Waals surface area contributed by atoms with Crippen LogP contribution in [0.25, 0.3) is 0 Å². The van der Waals surface area contributed by atoms with Crippen molar-refractivity contribution in [3.63, 3.8) is 0 Å². The van der Waals surface area contributed by atoms with Crippen LogP contribution in [0.1, 0.15) is 39.5 Å². The zero-order chi connectivity index (χ0) is 10.4. The van der Waals surface area contributed by atoms with E-state index < -0.39 is 0 Å². The predicted molar refractivity (Wildman–Crippen MR) is 59.6 cm³/mol. The van der Waals surface area contributed by atoms with E-state index in [-0.39, 0.29) is 11.0 Å². The van der Waals surface area contributed by atoms with Gasteiger partial charge >= 0.3 is 0 Å². The summed E-state index contributed by atoms with van der Waals surface area (Å²) in [6.45, 7) is 4.38. The van der Waals surface area contributed by atoms with E-state index in [9.17, 15) is 0 Å². The molecule has 2 N–H and O–H groups in total. The second-order valence-electron chi connectivity index (χ2n) is 5.60. The molecule has 0 heterocycles. The van der Waals surface area contributed by atoms with Gasteiger partial charge in [0.05, 0.1) is 0 Å². The average molecular weight is 189 g/mol. The fourth-order valence-corrected chi connectivity index (χ4v) is 3.42. The normalized spacial score (nSPS) is 46.7. The maximum absolute atomic E-state index is 6.20. The SMILES string of the molecule is C#CC12CC(=CC(C)(N)C1)CC(C)C2. The lowest BCUT2D eigenvalue weighted by Gasteiger charge is -2.46.